The van der Waals surface area contributed by atoms with Gasteiger partial charge in [-0.3, -0.25) is 4.79 Å². The number of benzene rings is 1. The van der Waals surface area contributed by atoms with Crippen LogP contribution in [0.25, 0.3) is 5.70 Å². The van der Waals surface area contributed by atoms with Crippen LogP contribution in [0.4, 0.5) is 0 Å². The first-order valence-electron chi connectivity index (χ1n) is 4.69. The molecule has 2 heteroatoms. The summed E-state index contributed by atoms with van der Waals surface area (Å²) in [6.07, 6.45) is 0.477. The van der Waals surface area contributed by atoms with E-state index in [9.17, 15) is 4.79 Å². The van der Waals surface area contributed by atoms with Gasteiger partial charge in [-0.2, -0.15) is 0 Å². The molecule has 0 fully saturated rings. The molecule has 74 valence electrons. The predicted octanol–water partition coefficient (Wildman–Crippen LogP) is 2.49. The van der Waals surface area contributed by atoms with Gasteiger partial charge in [0.25, 0.3) is 0 Å². The van der Waals surface area contributed by atoms with E-state index in [1.54, 1.807) is 0 Å². The third kappa shape index (κ3) is 2.73. The highest BCUT2D eigenvalue weighted by molar-refractivity contribution is 5.85. The molecule has 14 heavy (non-hydrogen) atoms. The highest BCUT2D eigenvalue weighted by atomic mass is 16.1. The zero-order valence-corrected chi connectivity index (χ0v) is 8.63. The molecule has 0 aromatic heterocycles. The van der Waals surface area contributed by atoms with Crippen LogP contribution in [0, 0.1) is 6.92 Å². The SMILES string of the molecule is C=C(NC(=O)CC)c1ccc(C)cc1. The summed E-state index contributed by atoms with van der Waals surface area (Å²) in [5, 5.41) is 2.73. The van der Waals surface area contributed by atoms with Crippen molar-refractivity contribution in [3.63, 3.8) is 0 Å². The van der Waals surface area contributed by atoms with Crippen LogP contribution in [0.1, 0.15) is 24.5 Å². The Balaban J connectivity index is 2.70. The fourth-order valence-corrected chi connectivity index (χ4v) is 1.08. The van der Waals surface area contributed by atoms with Crippen molar-refractivity contribution < 1.29 is 4.79 Å². The van der Waals surface area contributed by atoms with Gasteiger partial charge >= 0.3 is 0 Å². The van der Waals surface area contributed by atoms with Gasteiger partial charge in [-0.25, -0.2) is 0 Å². The topological polar surface area (TPSA) is 29.1 Å². The third-order valence-electron chi connectivity index (χ3n) is 2.01. The molecule has 0 unspecified atom stereocenters. The molecule has 0 heterocycles. The fourth-order valence-electron chi connectivity index (χ4n) is 1.08. The first kappa shape index (κ1) is 10.5. The first-order valence-corrected chi connectivity index (χ1v) is 4.69. The molecule has 0 aliphatic carbocycles. The summed E-state index contributed by atoms with van der Waals surface area (Å²) in [5.41, 5.74) is 2.82. The molecular formula is C12H15NO. The molecule has 0 spiro atoms. The van der Waals surface area contributed by atoms with Crippen LogP contribution in [-0.2, 0) is 4.79 Å². The van der Waals surface area contributed by atoms with Crippen molar-refractivity contribution in [2.75, 3.05) is 0 Å². The Morgan fingerprint density at radius 1 is 1.36 bits per heavy atom. The molecule has 1 aromatic rings. The Bertz CT molecular complexity index is 338. The summed E-state index contributed by atoms with van der Waals surface area (Å²) in [5.74, 6) is -0.00410. The van der Waals surface area contributed by atoms with Crippen molar-refractivity contribution in [1.82, 2.24) is 5.32 Å². The molecular weight excluding hydrogens is 174 g/mol. The number of carbonyl (C=O) groups excluding carboxylic acids is 1. The van der Waals surface area contributed by atoms with Gasteiger partial charge in [-0.15, -0.1) is 0 Å². The summed E-state index contributed by atoms with van der Waals surface area (Å²) in [4.78, 5) is 11.1. The zero-order valence-electron chi connectivity index (χ0n) is 8.63. The van der Waals surface area contributed by atoms with Crippen molar-refractivity contribution in [2.24, 2.45) is 0 Å². The van der Waals surface area contributed by atoms with Crippen molar-refractivity contribution in [1.29, 1.82) is 0 Å². The van der Waals surface area contributed by atoms with Gasteiger partial charge in [0.2, 0.25) is 5.91 Å². The van der Waals surface area contributed by atoms with Crippen LogP contribution in [0.5, 0.6) is 0 Å². The lowest BCUT2D eigenvalue weighted by Gasteiger charge is -2.07. The van der Waals surface area contributed by atoms with Crippen molar-refractivity contribution in [3.8, 4) is 0 Å². The maximum Gasteiger partial charge on any atom is 0.224 e. The number of aryl methyl sites for hydroxylation is 1. The Morgan fingerprint density at radius 3 is 2.43 bits per heavy atom. The van der Waals surface area contributed by atoms with Crippen molar-refractivity contribution >= 4 is 11.6 Å². The number of carbonyl (C=O) groups is 1. The summed E-state index contributed by atoms with van der Waals surface area (Å²) < 4.78 is 0. The predicted molar refractivity (Wildman–Crippen MR) is 58.6 cm³/mol. The maximum atomic E-state index is 11.1. The second kappa shape index (κ2) is 4.61. The lowest BCUT2D eigenvalue weighted by molar-refractivity contribution is -0.119. The Kier molecular flexibility index (Phi) is 3.46. The highest BCUT2D eigenvalue weighted by Gasteiger charge is 2.01. The molecule has 1 N–H and O–H groups in total. The number of hydrogen-bond donors (Lipinski definition) is 1. The summed E-state index contributed by atoms with van der Waals surface area (Å²) in [6.45, 7) is 7.65. The van der Waals surface area contributed by atoms with Crippen LogP contribution in [0.2, 0.25) is 0 Å². The third-order valence-corrected chi connectivity index (χ3v) is 2.01. The van der Waals surface area contributed by atoms with E-state index < -0.39 is 0 Å². The minimum absolute atomic E-state index is 0.00410. The van der Waals surface area contributed by atoms with Gasteiger partial charge in [-0.05, 0) is 12.5 Å². The molecule has 0 atom stereocenters. The van der Waals surface area contributed by atoms with E-state index in [0.29, 0.717) is 12.1 Å². The number of nitrogens with one attached hydrogen (secondary N) is 1. The van der Waals surface area contributed by atoms with E-state index >= 15 is 0 Å². The molecule has 2 nitrogen and oxygen atoms in total. The van der Waals surface area contributed by atoms with E-state index in [0.717, 1.165) is 5.56 Å². The average molecular weight is 189 g/mol. The summed E-state index contributed by atoms with van der Waals surface area (Å²) >= 11 is 0. The van der Waals surface area contributed by atoms with Gasteiger partial charge in [0.15, 0.2) is 0 Å². The quantitative estimate of drug-likeness (QED) is 0.777. The van der Waals surface area contributed by atoms with Gasteiger partial charge in [0.05, 0.1) is 0 Å². The Labute approximate surface area is 84.6 Å². The molecule has 0 radical (unpaired) electrons. The van der Waals surface area contributed by atoms with Crippen LogP contribution in [-0.4, -0.2) is 5.91 Å². The molecule has 0 bridgehead atoms. The maximum absolute atomic E-state index is 11.1. The Morgan fingerprint density at radius 2 is 1.93 bits per heavy atom. The molecule has 1 rings (SSSR count). The zero-order chi connectivity index (χ0) is 10.6. The lowest BCUT2D eigenvalue weighted by Crippen LogP contribution is -2.19. The highest BCUT2D eigenvalue weighted by Crippen LogP contribution is 2.10. The van der Waals surface area contributed by atoms with E-state index in [-0.39, 0.29) is 5.91 Å². The second-order valence-corrected chi connectivity index (χ2v) is 3.25. The molecule has 1 amide bonds. The minimum Gasteiger partial charge on any atom is -0.326 e. The monoisotopic (exact) mass is 189 g/mol. The van der Waals surface area contributed by atoms with Crippen molar-refractivity contribution in [2.45, 2.75) is 20.3 Å². The number of rotatable bonds is 3. The van der Waals surface area contributed by atoms with Crippen LogP contribution in [0.15, 0.2) is 30.8 Å². The van der Waals surface area contributed by atoms with E-state index in [2.05, 4.69) is 11.9 Å². The first-order chi connectivity index (χ1) is 6.63. The lowest BCUT2D eigenvalue weighted by atomic mass is 10.1. The average Bonchev–Trinajstić information content (AvgIpc) is 2.18. The van der Waals surface area contributed by atoms with Crippen LogP contribution >= 0.6 is 0 Å². The fraction of sp³-hybridized carbons (Fsp3) is 0.250. The normalized spacial score (nSPS) is 9.57. The van der Waals surface area contributed by atoms with E-state index in [1.807, 2.05) is 38.1 Å². The molecule has 0 saturated carbocycles. The van der Waals surface area contributed by atoms with Gasteiger partial charge < -0.3 is 5.32 Å². The largest absolute Gasteiger partial charge is 0.326 e. The van der Waals surface area contributed by atoms with Gasteiger partial charge in [0, 0.05) is 12.1 Å². The van der Waals surface area contributed by atoms with Gasteiger partial charge in [0.1, 0.15) is 0 Å². The van der Waals surface area contributed by atoms with Gasteiger partial charge in [-0.1, -0.05) is 43.3 Å². The smallest absolute Gasteiger partial charge is 0.224 e. The van der Waals surface area contributed by atoms with Crippen molar-refractivity contribution in [3.05, 3.63) is 42.0 Å². The summed E-state index contributed by atoms with van der Waals surface area (Å²) in [6, 6.07) is 7.90. The standard InChI is InChI=1S/C12H15NO/c1-4-12(14)13-10(3)11-7-5-9(2)6-8-11/h5-8H,3-4H2,1-2H3,(H,13,14). The number of amides is 1. The number of hydrogen-bond acceptors (Lipinski definition) is 1. The van der Waals surface area contributed by atoms with E-state index in [4.69, 9.17) is 0 Å². The van der Waals surface area contributed by atoms with Crippen LogP contribution in [0.3, 0.4) is 0 Å². The molecule has 0 saturated heterocycles. The molecule has 0 aliphatic heterocycles. The molecule has 1 aromatic carbocycles. The minimum atomic E-state index is -0.00410. The van der Waals surface area contributed by atoms with E-state index in [1.165, 1.54) is 5.56 Å². The summed E-state index contributed by atoms with van der Waals surface area (Å²) in [7, 11) is 0. The second-order valence-electron chi connectivity index (χ2n) is 3.25. The Hall–Kier alpha value is -1.57. The van der Waals surface area contributed by atoms with Crippen LogP contribution < -0.4 is 5.32 Å². The molecule has 0 aliphatic rings.